The molecule has 1 saturated heterocycles. The maximum absolute atomic E-state index is 11.5. The Hall–Kier alpha value is -0.0500. The minimum Gasteiger partial charge on any atom is -0.342 e. The van der Waals surface area contributed by atoms with Gasteiger partial charge in [0.1, 0.15) is 0 Å². The number of likely N-dealkylation sites (tertiary alicyclic amines) is 1. The first-order valence-electron chi connectivity index (χ1n) is 5.20. The molecule has 2 rings (SSSR count). The van der Waals surface area contributed by atoms with E-state index in [4.69, 9.17) is 0 Å². The molecule has 1 atom stereocenters. The van der Waals surface area contributed by atoms with Gasteiger partial charge in [-0.15, -0.1) is 0 Å². The molecule has 0 bridgehead atoms. The van der Waals surface area contributed by atoms with Gasteiger partial charge in [0.2, 0.25) is 5.91 Å². The molecule has 1 saturated carbocycles. The van der Waals surface area contributed by atoms with Crippen LogP contribution in [0.3, 0.4) is 0 Å². The maximum Gasteiger partial charge on any atom is 0.236 e. The number of amides is 1. The zero-order chi connectivity index (χ0) is 9.26. The third-order valence-corrected chi connectivity index (χ3v) is 4.11. The van der Waals surface area contributed by atoms with Crippen molar-refractivity contribution in [1.29, 1.82) is 0 Å². The summed E-state index contributed by atoms with van der Waals surface area (Å²) in [6.07, 6.45) is 6.40. The summed E-state index contributed by atoms with van der Waals surface area (Å²) in [5, 5.41) is 0. The zero-order valence-electron chi connectivity index (χ0n) is 7.84. The fourth-order valence-electron chi connectivity index (χ4n) is 2.04. The van der Waals surface area contributed by atoms with Gasteiger partial charge in [-0.05, 0) is 18.8 Å². The van der Waals surface area contributed by atoms with Crippen molar-refractivity contribution in [3.63, 3.8) is 0 Å². The highest BCUT2D eigenvalue weighted by Gasteiger charge is 2.29. The molecule has 1 heterocycles. The van der Waals surface area contributed by atoms with Gasteiger partial charge in [-0.2, -0.15) is 0 Å². The molecule has 2 nitrogen and oxygen atoms in total. The lowest BCUT2D eigenvalue weighted by atomic mass is 9.83. The van der Waals surface area contributed by atoms with E-state index in [1.807, 2.05) is 4.90 Å². The molecule has 0 aromatic heterocycles. The van der Waals surface area contributed by atoms with Crippen LogP contribution >= 0.6 is 15.9 Å². The fourth-order valence-corrected chi connectivity index (χ4v) is 2.54. The van der Waals surface area contributed by atoms with Crippen LogP contribution in [0.4, 0.5) is 0 Å². The van der Waals surface area contributed by atoms with Crippen LogP contribution in [-0.4, -0.2) is 28.7 Å². The quantitative estimate of drug-likeness (QED) is 0.699. The third-order valence-electron chi connectivity index (χ3n) is 3.26. The van der Waals surface area contributed by atoms with Gasteiger partial charge in [-0.3, -0.25) is 4.79 Å². The van der Waals surface area contributed by atoms with E-state index in [-0.39, 0.29) is 4.83 Å². The van der Waals surface area contributed by atoms with Crippen LogP contribution in [0, 0.1) is 5.92 Å². The number of alkyl halides is 1. The number of rotatable bonds is 3. The van der Waals surface area contributed by atoms with E-state index in [0.717, 1.165) is 25.4 Å². The van der Waals surface area contributed by atoms with Gasteiger partial charge in [-0.1, -0.05) is 35.2 Å². The van der Waals surface area contributed by atoms with Crippen molar-refractivity contribution in [3.05, 3.63) is 0 Å². The highest BCUT2D eigenvalue weighted by atomic mass is 79.9. The van der Waals surface area contributed by atoms with Crippen molar-refractivity contribution >= 4 is 21.8 Å². The Morgan fingerprint density at radius 2 is 2.15 bits per heavy atom. The summed E-state index contributed by atoms with van der Waals surface area (Å²) in [5.74, 6) is 1.22. The van der Waals surface area contributed by atoms with E-state index in [0.29, 0.717) is 5.91 Å². The van der Waals surface area contributed by atoms with E-state index >= 15 is 0 Å². The van der Waals surface area contributed by atoms with Gasteiger partial charge < -0.3 is 4.90 Å². The number of nitrogens with zero attached hydrogens (tertiary/aromatic N) is 1. The highest BCUT2D eigenvalue weighted by molar-refractivity contribution is 9.10. The maximum atomic E-state index is 11.5. The van der Waals surface area contributed by atoms with Crippen LogP contribution in [0.15, 0.2) is 0 Å². The molecule has 13 heavy (non-hydrogen) atoms. The number of carbonyl (C=O) groups is 1. The second-order valence-corrected chi connectivity index (χ2v) is 5.27. The molecule has 0 aromatic rings. The molecule has 0 N–H and O–H groups in total. The van der Waals surface area contributed by atoms with Crippen LogP contribution in [0.5, 0.6) is 0 Å². The Morgan fingerprint density at radius 1 is 1.38 bits per heavy atom. The first-order valence-corrected chi connectivity index (χ1v) is 6.12. The smallest absolute Gasteiger partial charge is 0.236 e. The largest absolute Gasteiger partial charge is 0.342 e. The predicted octanol–water partition coefficient (Wildman–Crippen LogP) is 2.17. The Balaban J connectivity index is 1.72. The molecular formula is C10H16BrNO. The Labute approximate surface area is 87.8 Å². The number of halogens is 1. The summed E-state index contributed by atoms with van der Waals surface area (Å²) in [6.45, 7) is 1.95. The van der Waals surface area contributed by atoms with Crippen molar-refractivity contribution in [1.82, 2.24) is 4.90 Å². The summed E-state index contributed by atoms with van der Waals surface area (Å²) < 4.78 is 0. The fraction of sp³-hybridized carbons (Fsp3) is 0.900. The van der Waals surface area contributed by atoms with Crippen molar-refractivity contribution in [2.24, 2.45) is 5.92 Å². The van der Waals surface area contributed by atoms with Gasteiger partial charge in [0.15, 0.2) is 0 Å². The molecule has 2 fully saturated rings. The van der Waals surface area contributed by atoms with Crippen molar-refractivity contribution in [3.8, 4) is 0 Å². The second kappa shape index (κ2) is 3.99. The Kier molecular flexibility index (Phi) is 2.92. The van der Waals surface area contributed by atoms with Crippen molar-refractivity contribution < 1.29 is 4.79 Å². The summed E-state index contributed by atoms with van der Waals surface area (Å²) in [5.41, 5.74) is 0. The van der Waals surface area contributed by atoms with Gasteiger partial charge >= 0.3 is 0 Å². The monoisotopic (exact) mass is 245 g/mol. The summed E-state index contributed by atoms with van der Waals surface area (Å²) >= 11 is 3.39. The van der Waals surface area contributed by atoms with Gasteiger partial charge in [0, 0.05) is 13.1 Å². The van der Waals surface area contributed by atoms with Crippen LogP contribution in [0.2, 0.25) is 0 Å². The molecule has 3 heteroatoms. The van der Waals surface area contributed by atoms with Crippen LogP contribution in [-0.2, 0) is 4.79 Å². The predicted molar refractivity (Wildman–Crippen MR) is 55.9 cm³/mol. The van der Waals surface area contributed by atoms with Crippen molar-refractivity contribution in [2.45, 2.75) is 36.9 Å². The zero-order valence-corrected chi connectivity index (χ0v) is 9.42. The number of hydrogen-bond donors (Lipinski definition) is 0. The Bertz CT molecular complexity index is 203. The lowest BCUT2D eigenvalue weighted by Gasteiger charge is -2.27. The third kappa shape index (κ3) is 2.06. The molecule has 0 spiro atoms. The summed E-state index contributed by atoms with van der Waals surface area (Å²) in [4.78, 5) is 13.6. The number of hydrogen-bond acceptors (Lipinski definition) is 1. The molecule has 1 unspecified atom stereocenters. The molecular weight excluding hydrogens is 230 g/mol. The normalized spacial score (nSPS) is 29.5. The van der Waals surface area contributed by atoms with Gasteiger partial charge in [0.25, 0.3) is 0 Å². The minimum atomic E-state index is 0.105. The Morgan fingerprint density at radius 3 is 2.62 bits per heavy atom. The summed E-state index contributed by atoms with van der Waals surface area (Å²) in [6, 6.07) is 0. The SMILES string of the molecule is O=C1C(Br)CCN1CCC1CCC1. The molecule has 1 aliphatic heterocycles. The van der Waals surface area contributed by atoms with Crippen LogP contribution < -0.4 is 0 Å². The topological polar surface area (TPSA) is 20.3 Å². The van der Waals surface area contributed by atoms with Gasteiger partial charge in [-0.25, -0.2) is 0 Å². The molecule has 2 aliphatic rings. The highest BCUT2D eigenvalue weighted by Crippen LogP contribution is 2.30. The van der Waals surface area contributed by atoms with Crippen LogP contribution in [0.25, 0.3) is 0 Å². The van der Waals surface area contributed by atoms with E-state index in [9.17, 15) is 4.79 Å². The molecule has 1 aliphatic carbocycles. The van der Waals surface area contributed by atoms with E-state index < -0.39 is 0 Å². The lowest BCUT2D eigenvalue weighted by Crippen LogP contribution is -2.30. The first kappa shape index (κ1) is 9.50. The average molecular weight is 246 g/mol. The number of carbonyl (C=O) groups excluding carboxylic acids is 1. The minimum absolute atomic E-state index is 0.105. The van der Waals surface area contributed by atoms with Crippen LogP contribution in [0.1, 0.15) is 32.1 Å². The molecule has 0 aromatic carbocycles. The lowest BCUT2D eigenvalue weighted by molar-refractivity contribution is -0.127. The first-order chi connectivity index (χ1) is 6.27. The standard InChI is InChI=1S/C10H16BrNO/c11-9-5-7-12(10(9)13)6-4-8-2-1-3-8/h8-9H,1-7H2. The summed E-state index contributed by atoms with van der Waals surface area (Å²) in [7, 11) is 0. The van der Waals surface area contributed by atoms with Crippen molar-refractivity contribution in [2.75, 3.05) is 13.1 Å². The van der Waals surface area contributed by atoms with E-state index in [2.05, 4.69) is 15.9 Å². The second-order valence-electron chi connectivity index (χ2n) is 4.17. The molecule has 1 amide bonds. The van der Waals surface area contributed by atoms with E-state index in [1.54, 1.807) is 0 Å². The van der Waals surface area contributed by atoms with Gasteiger partial charge in [0.05, 0.1) is 4.83 Å². The molecule has 0 radical (unpaired) electrons. The molecule has 74 valence electrons. The van der Waals surface area contributed by atoms with E-state index in [1.165, 1.54) is 25.7 Å². The average Bonchev–Trinajstić information content (AvgIpc) is 2.33.